The molecule has 1 aliphatic rings. The molecule has 0 heterocycles. The molecule has 82 valence electrons. The van der Waals surface area contributed by atoms with Crippen LogP contribution < -0.4 is 5.32 Å². The summed E-state index contributed by atoms with van der Waals surface area (Å²) >= 11 is 0. The second-order valence-corrected chi connectivity index (χ2v) is 4.54. The highest BCUT2D eigenvalue weighted by Gasteiger charge is 2.27. The van der Waals surface area contributed by atoms with Crippen LogP contribution in [0.4, 0.5) is 0 Å². The van der Waals surface area contributed by atoms with Crippen molar-refractivity contribution in [3.8, 4) is 0 Å². The number of likely N-dealkylation sites (N-methyl/N-ethyl adjacent to an activating group) is 1. The molecule has 0 aromatic carbocycles. The van der Waals surface area contributed by atoms with E-state index in [1.54, 1.807) is 0 Å². The lowest BCUT2D eigenvalue weighted by molar-refractivity contribution is -0.125. The van der Waals surface area contributed by atoms with Crippen molar-refractivity contribution in [1.29, 1.82) is 0 Å². The van der Waals surface area contributed by atoms with E-state index in [2.05, 4.69) is 12.2 Å². The Hall–Kier alpha value is -0.370. The standard InChI is InChI=1S/C12H23NO/c1-4-10-5-7-11(8-6-10)12(14)9(2)13-3/h9-11,13H,4-8H2,1-3H3. The van der Waals surface area contributed by atoms with Crippen molar-refractivity contribution >= 4 is 5.78 Å². The van der Waals surface area contributed by atoms with Crippen LogP contribution in [0.2, 0.25) is 0 Å². The van der Waals surface area contributed by atoms with Gasteiger partial charge in [0.05, 0.1) is 6.04 Å². The van der Waals surface area contributed by atoms with E-state index in [-0.39, 0.29) is 6.04 Å². The van der Waals surface area contributed by atoms with Gasteiger partial charge in [-0.05, 0) is 45.6 Å². The summed E-state index contributed by atoms with van der Waals surface area (Å²) in [5.74, 6) is 1.63. The molecule has 0 aromatic rings. The van der Waals surface area contributed by atoms with E-state index in [9.17, 15) is 4.79 Å². The molecule has 1 atom stereocenters. The van der Waals surface area contributed by atoms with Gasteiger partial charge in [0, 0.05) is 5.92 Å². The van der Waals surface area contributed by atoms with E-state index in [4.69, 9.17) is 0 Å². The molecule has 0 aliphatic heterocycles. The molecule has 1 rings (SSSR count). The highest BCUT2D eigenvalue weighted by Crippen LogP contribution is 2.31. The number of Topliss-reactive ketones (excluding diaryl/α,β-unsaturated/α-hetero) is 1. The molecule has 0 aromatic heterocycles. The number of rotatable bonds is 4. The molecule has 0 amide bonds. The van der Waals surface area contributed by atoms with Gasteiger partial charge in [0.2, 0.25) is 0 Å². The molecule has 0 spiro atoms. The number of carbonyl (C=O) groups is 1. The highest BCUT2D eigenvalue weighted by atomic mass is 16.1. The molecule has 0 radical (unpaired) electrons. The number of nitrogens with one attached hydrogen (secondary N) is 1. The Balaban J connectivity index is 2.37. The monoisotopic (exact) mass is 197 g/mol. The van der Waals surface area contributed by atoms with Gasteiger partial charge in [-0.1, -0.05) is 13.3 Å². The van der Waals surface area contributed by atoms with E-state index in [0.29, 0.717) is 11.7 Å². The number of ketones is 1. The Morgan fingerprint density at radius 3 is 2.36 bits per heavy atom. The van der Waals surface area contributed by atoms with E-state index < -0.39 is 0 Å². The minimum atomic E-state index is 0.0400. The summed E-state index contributed by atoms with van der Waals surface area (Å²) < 4.78 is 0. The molecular weight excluding hydrogens is 174 g/mol. The van der Waals surface area contributed by atoms with Crippen LogP contribution in [-0.2, 0) is 4.79 Å². The van der Waals surface area contributed by atoms with Crippen molar-refractivity contribution in [2.45, 2.75) is 52.0 Å². The minimum absolute atomic E-state index is 0.0400. The highest BCUT2D eigenvalue weighted by molar-refractivity contribution is 5.85. The predicted molar refractivity (Wildman–Crippen MR) is 59.3 cm³/mol. The number of carbonyl (C=O) groups excluding carboxylic acids is 1. The summed E-state index contributed by atoms with van der Waals surface area (Å²) in [6.07, 6.45) is 6.02. The van der Waals surface area contributed by atoms with Crippen LogP contribution in [0, 0.1) is 11.8 Å². The van der Waals surface area contributed by atoms with Crippen molar-refractivity contribution in [1.82, 2.24) is 5.32 Å². The SMILES string of the molecule is CCC1CCC(C(=O)C(C)NC)CC1. The third kappa shape index (κ3) is 2.81. The zero-order valence-electron chi connectivity index (χ0n) is 9.68. The molecule has 1 N–H and O–H groups in total. The summed E-state index contributed by atoms with van der Waals surface area (Å²) in [6, 6.07) is 0.0400. The van der Waals surface area contributed by atoms with Gasteiger partial charge in [-0.3, -0.25) is 4.79 Å². The van der Waals surface area contributed by atoms with E-state index in [1.807, 2.05) is 14.0 Å². The second kappa shape index (κ2) is 5.50. The first kappa shape index (κ1) is 11.7. The van der Waals surface area contributed by atoms with Crippen LogP contribution >= 0.6 is 0 Å². The minimum Gasteiger partial charge on any atom is -0.311 e. The van der Waals surface area contributed by atoms with Gasteiger partial charge < -0.3 is 5.32 Å². The Kier molecular flexibility index (Phi) is 4.59. The van der Waals surface area contributed by atoms with E-state index in [1.165, 1.54) is 19.3 Å². The van der Waals surface area contributed by atoms with Gasteiger partial charge >= 0.3 is 0 Å². The first-order valence-electron chi connectivity index (χ1n) is 5.90. The normalized spacial score (nSPS) is 29.9. The third-order valence-corrected chi connectivity index (χ3v) is 3.69. The average molecular weight is 197 g/mol. The van der Waals surface area contributed by atoms with Gasteiger partial charge in [0.15, 0.2) is 5.78 Å². The molecule has 1 saturated carbocycles. The lowest BCUT2D eigenvalue weighted by atomic mass is 9.78. The largest absolute Gasteiger partial charge is 0.311 e. The van der Waals surface area contributed by atoms with Crippen molar-refractivity contribution in [3.05, 3.63) is 0 Å². The lowest BCUT2D eigenvalue weighted by Crippen LogP contribution is -2.37. The van der Waals surface area contributed by atoms with Crippen LogP contribution in [0.5, 0.6) is 0 Å². The number of hydrogen-bond acceptors (Lipinski definition) is 2. The van der Waals surface area contributed by atoms with Crippen LogP contribution in [0.15, 0.2) is 0 Å². The molecular formula is C12H23NO. The quantitative estimate of drug-likeness (QED) is 0.749. The van der Waals surface area contributed by atoms with Crippen molar-refractivity contribution in [3.63, 3.8) is 0 Å². The molecule has 1 fully saturated rings. The van der Waals surface area contributed by atoms with Crippen LogP contribution in [0.1, 0.15) is 46.0 Å². The maximum atomic E-state index is 11.9. The zero-order valence-corrected chi connectivity index (χ0v) is 9.68. The Morgan fingerprint density at radius 1 is 1.36 bits per heavy atom. The van der Waals surface area contributed by atoms with Crippen molar-refractivity contribution in [2.75, 3.05) is 7.05 Å². The summed E-state index contributed by atoms with van der Waals surface area (Å²) in [5, 5.41) is 3.04. The molecule has 2 heteroatoms. The van der Waals surface area contributed by atoms with Gasteiger partial charge in [-0.15, -0.1) is 0 Å². The molecule has 2 nitrogen and oxygen atoms in total. The Bertz CT molecular complexity index is 183. The molecule has 0 saturated heterocycles. The first-order valence-corrected chi connectivity index (χ1v) is 5.90. The van der Waals surface area contributed by atoms with Crippen LogP contribution in [0.25, 0.3) is 0 Å². The van der Waals surface area contributed by atoms with E-state index in [0.717, 1.165) is 18.8 Å². The fourth-order valence-electron chi connectivity index (χ4n) is 2.35. The van der Waals surface area contributed by atoms with Gasteiger partial charge in [0.25, 0.3) is 0 Å². The second-order valence-electron chi connectivity index (χ2n) is 4.54. The number of hydrogen-bond donors (Lipinski definition) is 1. The lowest BCUT2D eigenvalue weighted by Gasteiger charge is -2.28. The van der Waals surface area contributed by atoms with Crippen molar-refractivity contribution < 1.29 is 4.79 Å². The molecule has 0 bridgehead atoms. The average Bonchev–Trinajstić information content (AvgIpc) is 2.27. The smallest absolute Gasteiger partial charge is 0.152 e. The zero-order chi connectivity index (χ0) is 10.6. The summed E-state index contributed by atoms with van der Waals surface area (Å²) in [5.41, 5.74) is 0. The van der Waals surface area contributed by atoms with Gasteiger partial charge in [-0.2, -0.15) is 0 Å². The van der Waals surface area contributed by atoms with Crippen LogP contribution in [-0.4, -0.2) is 18.9 Å². The Morgan fingerprint density at radius 2 is 1.93 bits per heavy atom. The summed E-state index contributed by atoms with van der Waals surface area (Å²) in [4.78, 5) is 11.9. The topological polar surface area (TPSA) is 29.1 Å². The first-order chi connectivity index (χ1) is 6.69. The van der Waals surface area contributed by atoms with E-state index >= 15 is 0 Å². The third-order valence-electron chi connectivity index (χ3n) is 3.69. The van der Waals surface area contributed by atoms with Crippen molar-refractivity contribution in [2.24, 2.45) is 11.8 Å². The van der Waals surface area contributed by atoms with Crippen LogP contribution in [0.3, 0.4) is 0 Å². The maximum absolute atomic E-state index is 11.9. The molecule has 1 aliphatic carbocycles. The van der Waals surface area contributed by atoms with Gasteiger partial charge in [-0.25, -0.2) is 0 Å². The molecule has 1 unspecified atom stereocenters. The maximum Gasteiger partial charge on any atom is 0.152 e. The Labute approximate surface area is 87.5 Å². The predicted octanol–water partition coefficient (Wildman–Crippen LogP) is 2.38. The fraction of sp³-hybridized carbons (Fsp3) is 0.917. The fourth-order valence-corrected chi connectivity index (χ4v) is 2.35. The summed E-state index contributed by atoms with van der Waals surface area (Å²) in [6.45, 7) is 4.22. The van der Waals surface area contributed by atoms with Gasteiger partial charge in [0.1, 0.15) is 0 Å². The molecule has 14 heavy (non-hydrogen) atoms. The summed E-state index contributed by atoms with van der Waals surface area (Å²) in [7, 11) is 1.86.